The Bertz CT molecular complexity index is 394. The van der Waals surface area contributed by atoms with Crippen LogP contribution in [0.15, 0.2) is 6.20 Å². The molecule has 0 unspecified atom stereocenters. The lowest BCUT2D eigenvalue weighted by molar-refractivity contribution is -0.137. The molecule has 0 radical (unpaired) electrons. The van der Waals surface area contributed by atoms with Crippen LogP contribution in [0.25, 0.3) is 0 Å². The molecule has 0 bridgehead atoms. The largest absolute Gasteiger partial charge is 0.421 e. The third kappa shape index (κ3) is 3.05. The summed E-state index contributed by atoms with van der Waals surface area (Å²) >= 11 is 5.31. The summed E-state index contributed by atoms with van der Waals surface area (Å²) < 4.78 is 37.1. The fraction of sp³-hybridized carbons (Fsp3) is 0.286. The zero-order chi connectivity index (χ0) is 11.6. The predicted molar refractivity (Wildman–Crippen MR) is 46.3 cm³/mol. The first kappa shape index (κ1) is 11.7. The Balaban J connectivity index is 3.20. The monoisotopic (exact) mass is 239 g/mol. The first-order chi connectivity index (χ1) is 6.80. The first-order valence-electron chi connectivity index (χ1n) is 3.68. The number of hydrogen-bond donors (Lipinski definition) is 1. The van der Waals surface area contributed by atoms with E-state index in [0.29, 0.717) is 6.20 Å². The van der Waals surface area contributed by atoms with Crippen molar-refractivity contribution >= 4 is 23.3 Å². The molecule has 0 aromatic carbocycles. The molecule has 1 heterocycles. The number of nitrogens with one attached hydrogen (secondary N) is 1. The van der Waals surface area contributed by atoms with Gasteiger partial charge >= 0.3 is 6.18 Å². The molecule has 15 heavy (non-hydrogen) atoms. The number of rotatable bonds is 1. The maximum absolute atomic E-state index is 12.4. The van der Waals surface area contributed by atoms with Crippen LogP contribution in [0.1, 0.15) is 12.5 Å². The fourth-order valence-corrected chi connectivity index (χ4v) is 0.963. The number of carbonyl (C=O) groups excluding carboxylic acids is 1. The van der Waals surface area contributed by atoms with Crippen molar-refractivity contribution in [1.82, 2.24) is 9.97 Å². The van der Waals surface area contributed by atoms with Gasteiger partial charge < -0.3 is 5.32 Å². The van der Waals surface area contributed by atoms with E-state index in [1.54, 1.807) is 0 Å². The highest BCUT2D eigenvalue weighted by atomic mass is 35.5. The van der Waals surface area contributed by atoms with Gasteiger partial charge in [0.05, 0.1) is 0 Å². The van der Waals surface area contributed by atoms with Crippen LogP contribution in [-0.2, 0) is 11.0 Å². The van der Waals surface area contributed by atoms with E-state index in [9.17, 15) is 18.0 Å². The van der Waals surface area contributed by atoms with Gasteiger partial charge in [0.15, 0.2) is 0 Å². The molecule has 0 aliphatic carbocycles. The topological polar surface area (TPSA) is 54.9 Å². The summed E-state index contributed by atoms with van der Waals surface area (Å²) in [6, 6.07) is 0. The molecule has 0 aliphatic rings. The molecule has 1 rings (SSSR count). The van der Waals surface area contributed by atoms with Crippen LogP contribution in [0.4, 0.5) is 19.0 Å². The second-order valence-corrected chi connectivity index (χ2v) is 2.92. The van der Waals surface area contributed by atoms with Crippen LogP contribution in [0.3, 0.4) is 0 Å². The summed E-state index contributed by atoms with van der Waals surface area (Å²) in [4.78, 5) is 17.1. The Morgan fingerprint density at radius 2 is 2.13 bits per heavy atom. The van der Waals surface area contributed by atoms with Gasteiger partial charge in [0.1, 0.15) is 11.4 Å². The van der Waals surface area contributed by atoms with Gasteiger partial charge in [-0.3, -0.25) is 4.79 Å². The average molecular weight is 240 g/mol. The Hall–Kier alpha value is -1.37. The van der Waals surface area contributed by atoms with E-state index in [1.807, 2.05) is 5.32 Å². The maximum Gasteiger partial charge on any atom is 0.421 e. The van der Waals surface area contributed by atoms with Gasteiger partial charge in [0, 0.05) is 13.1 Å². The van der Waals surface area contributed by atoms with Crippen LogP contribution in [0, 0.1) is 0 Å². The quantitative estimate of drug-likeness (QED) is 0.764. The summed E-state index contributed by atoms with van der Waals surface area (Å²) in [5.74, 6) is -1.31. The number of aromatic nitrogens is 2. The van der Waals surface area contributed by atoms with E-state index in [4.69, 9.17) is 11.6 Å². The minimum absolute atomic E-state index is 0.369. The summed E-state index contributed by atoms with van der Waals surface area (Å²) in [5, 5.41) is 1.56. The second kappa shape index (κ2) is 4.01. The van der Waals surface area contributed by atoms with E-state index in [2.05, 4.69) is 9.97 Å². The lowest BCUT2D eigenvalue weighted by Crippen LogP contribution is -2.16. The number of hydrogen-bond acceptors (Lipinski definition) is 3. The standard InChI is InChI=1S/C7H5ClF3N3O/c1-3(15)13-5-4(7(9,10)11)2-12-6(8)14-5/h2H,1H3,(H,12,13,14,15). The molecule has 1 N–H and O–H groups in total. The lowest BCUT2D eigenvalue weighted by atomic mass is 10.3. The summed E-state index contributed by atoms with van der Waals surface area (Å²) in [6.45, 7) is 1.07. The van der Waals surface area contributed by atoms with Gasteiger partial charge in [-0.25, -0.2) is 4.98 Å². The van der Waals surface area contributed by atoms with E-state index < -0.39 is 23.5 Å². The molecule has 0 fully saturated rings. The summed E-state index contributed by atoms with van der Waals surface area (Å²) in [6.07, 6.45) is -4.12. The van der Waals surface area contributed by atoms with Crippen LogP contribution >= 0.6 is 11.6 Å². The molecule has 1 aromatic heterocycles. The van der Waals surface area contributed by atoms with Crippen molar-refractivity contribution in [3.63, 3.8) is 0 Å². The molecule has 0 atom stereocenters. The number of alkyl halides is 3. The van der Waals surface area contributed by atoms with Crippen molar-refractivity contribution in [1.29, 1.82) is 0 Å². The lowest BCUT2D eigenvalue weighted by Gasteiger charge is -2.10. The minimum atomic E-state index is -4.64. The molecule has 0 saturated heterocycles. The van der Waals surface area contributed by atoms with E-state index in [1.165, 1.54) is 0 Å². The first-order valence-corrected chi connectivity index (χ1v) is 4.06. The number of anilines is 1. The second-order valence-electron chi connectivity index (χ2n) is 2.58. The van der Waals surface area contributed by atoms with Crippen LogP contribution in [-0.4, -0.2) is 15.9 Å². The highest BCUT2D eigenvalue weighted by Gasteiger charge is 2.35. The summed E-state index contributed by atoms with van der Waals surface area (Å²) in [5.41, 5.74) is -1.14. The minimum Gasteiger partial charge on any atom is -0.310 e. The molecule has 0 saturated carbocycles. The van der Waals surface area contributed by atoms with Crippen LogP contribution in [0.2, 0.25) is 5.28 Å². The van der Waals surface area contributed by atoms with Gasteiger partial charge in [0.25, 0.3) is 0 Å². The Kier molecular flexibility index (Phi) is 3.13. The Morgan fingerprint density at radius 3 is 2.60 bits per heavy atom. The van der Waals surface area contributed by atoms with E-state index in [-0.39, 0.29) is 5.28 Å². The van der Waals surface area contributed by atoms with Crippen LogP contribution < -0.4 is 5.32 Å². The molecule has 4 nitrogen and oxygen atoms in total. The highest BCUT2D eigenvalue weighted by Crippen LogP contribution is 2.33. The average Bonchev–Trinajstić information content (AvgIpc) is 1.99. The fourth-order valence-electron chi connectivity index (χ4n) is 0.830. The third-order valence-electron chi connectivity index (χ3n) is 1.36. The smallest absolute Gasteiger partial charge is 0.310 e. The molecule has 1 aromatic rings. The molecular weight excluding hydrogens is 235 g/mol. The Labute approximate surface area is 87.5 Å². The third-order valence-corrected chi connectivity index (χ3v) is 1.54. The molecule has 0 spiro atoms. The zero-order valence-corrected chi connectivity index (χ0v) is 8.15. The van der Waals surface area contributed by atoms with Crippen molar-refractivity contribution in [3.8, 4) is 0 Å². The van der Waals surface area contributed by atoms with Crippen molar-refractivity contribution in [2.45, 2.75) is 13.1 Å². The normalized spacial score (nSPS) is 11.3. The summed E-state index contributed by atoms with van der Waals surface area (Å²) in [7, 11) is 0. The van der Waals surface area contributed by atoms with Crippen molar-refractivity contribution < 1.29 is 18.0 Å². The van der Waals surface area contributed by atoms with Crippen molar-refractivity contribution in [2.75, 3.05) is 5.32 Å². The number of carbonyl (C=O) groups is 1. The van der Waals surface area contributed by atoms with E-state index >= 15 is 0 Å². The van der Waals surface area contributed by atoms with E-state index in [0.717, 1.165) is 6.92 Å². The molecule has 82 valence electrons. The van der Waals surface area contributed by atoms with Gasteiger partial charge in [-0.1, -0.05) is 0 Å². The van der Waals surface area contributed by atoms with Crippen LogP contribution in [0.5, 0.6) is 0 Å². The Morgan fingerprint density at radius 1 is 1.53 bits per heavy atom. The number of halogens is 4. The van der Waals surface area contributed by atoms with Gasteiger partial charge in [-0.2, -0.15) is 18.2 Å². The number of nitrogens with zero attached hydrogens (tertiary/aromatic N) is 2. The van der Waals surface area contributed by atoms with Gasteiger partial charge in [-0.15, -0.1) is 0 Å². The SMILES string of the molecule is CC(=O)Nc1nc(Cl)ncc1C(F)(F)F. The molecular formula is C7H5ClF3N3O. The zero-order valence-electron chi connectivity index (χ0n) is 7.39. The predicted octanol–water partition coefficient (Wildman–Crippen LogP) is 2.11. The molecule has 8 heteroatoms. The van der Waals surface area contributed by atoms with Crippen molar-refractivity contribution in [2.24, 2.45) is 0 Å². The number of amides is 1. The molecule has 1 amide bonds. The maximum atomic E-state index is 12.4. The van der Waals surface area contributed by atoms with Gasteiger partial charge in [-0.05, 0) is 11.6 Å². The molecule has 0 aliphatic heterocycles. The van der Waals surface area contributed by atoms with Gasteiger partial charge in [0.2, 0.25) is 11.2 Å². The highest BCUT2D eigenvalue weighted by molar-refractivity contribution is 6.28. The van der Waals surface area contributed by atoms with Crippen molar-refractivity contribution in [3.05, 3.63) is 17.0 Å².